The fourth-order valence-corrected chi connectivity index (χ4v) is 1.40. The van der Waals surface area contributed by atoms with Crippen molar-refractivity contribution in [2.24, 2.45) is 0 Å². The van der Waals surface area contributed by atoms with Crippen LogP contribution in [0.2, 0.25) is 0 Å². The third-order valence-electron chi connectivity index (χ3n) is 2.12. The van der Waals surface area contributed by atoms with E-state index >= 15 is 0 Å². The molecule has 2 N–H and O–H groups in total. The van der Waals surface area contributed by atoms with Crippen molar-refractivity contribution in [3.63, 3.8) is 0 Å². The maximum Gasteiger partial charge on any atom is 0.321 e. The molecule has 0 radical (unpaired) electrons. The number of ether oxygens (including phenoxy) is 1. The van der Waals surface area contributed by atoms with Crippen LogP contribution < -0.4 is 10.5 Å². The topological polar surface area (TPSA) is 61.0 Å². The molecule has 0 bridgehead atoms. The average molecular weight is 280 g/mol. The molecule has 0 aliphatic heterocycles. The SMILES string of the molecule is Cc1c(N)cccc1Oc1ncc(Br)cn1. The van der Waals surface area contributed by atoms with Crippen LogP contribution in [-0.2, 0) is 0 Å². The first-order chi connectivity index (χ1) is 7.66. The highest BCUT2D eigenvalue weighted by Gasteiger charge is 2.05. The average Bonchev–Trinajstić information content (AvgIpc) is 2.28. The van der Waals surface area contributed by atoms with E-state index in [2.05, 4.69) is 25.9 Å². The van der Waals surface area contributed by atoms with Crippen LogP contribution >= 0.6 is 15.9 Å². The first-order valence-electron chi connectivity index (χ1n) is 4.67. The Labute approximate surface area is 102 Å². The summed E-state index contributed by atoms with van der Waals surface area (Å²) in [5, 5.41) is 0. The summed E-state index contributed by atoms with van der Waals surface area (Å²) in [5.41, 5.74) is 7.34. The van der Waals surface area contributed by atoms with Gasteiger partial charge in [0, 0.05) is 23.6 Å². The van der Waals surface area contributed by atoms with E-state index in [0.29, 0.717) is 17.4 Å². The van der Waals surface area contributed by atoms with Gasteiger partial charge in [0.2, 0.25) is 0 Å². The molecule has 1 aromatic heterocycles. The summed E-state index contributed by atoms with van der Waals surface area (Å²) in [6, 6.07) is 5.79. The Morgan fingerprint density at radius 1 is 1.25 bits per heavy atom. The number of nitrogens with two attached hydrogens (primary N) is 1. The van der Waals surface area contributed by atoms with Crippen molar-refractivity contribution in [1.29, 1.82) is 0 Å². The first-order valence-corrected chi connectivity index (χ1v) is 5.46. The Balaban J connectivity index is 2.27. The van der Waals surface area contributed by atoms with Crippen LogP contribution in [-0.4, -0.2) is 9.97 Å². The van der Waals surface area contributed by atoms with Crippen molar-refractivity contribution < 1.29 is 4.74 Å². The Morgan fingerprint density at radius 3 is 2.62 bits per heavy atom. The van der Waals surface area contributed by atoms with Gasteiger partial charge in [-0.15, -0.1) is 0 Å². The van der Waals surface area contributed by atoms with Crippen LogP contribution in [0.4, 0.5) is 5.69 Å². The van der Waals surface area contributed by atoms with Gasteiger partial charge < -0.3 is 10.5 Å². The maximum absolute atomic E-state index is 5.77. The molecule has 16 heavy (non-hydrogen) atoms. The van der Waals surface area contributed by atoms with Crippen molar-refractivity contribution in [1.82, 2.24) is 9.97 Å². The molecule has 82 valence electrons. The molecule has 2 aromatic rings. The molecule has 4 nitrogen and oxygen atoms in total. The van der Waals surface area contributed by atoms with Gasteiger partial charge >= 0.3 is 6.01 Å². The molecule has 0 aliphatic carbocycles. The zero-order valence-corrected chi connectivity index (χ0v) is 10.2. The van der Waals surface area contributed by atoms with Gasteiger partial charge in [0.25, 0.3) is 0 Å². The van der Waals surface area contributed by atoms with Gasteiger partial charge in [-0.3, -0.25) is 0 Å². The standard InChI is InChI=1S/C11H10BrN3O/c1-7-9(13)3-2-4-10(7)16-11-14-5-8(12)6-15-11/h2-6H,13H2,1H3. The van der Waals surface area contributed by atoms with E-state index in [-0.39, 0.29) is 0 Å². The Hall–Kier alpha value is -1.62. The Bertz CT molecular complexity index is 499. The third kappa shape index (κ3) is 2.30. The van der Waals surface area contributed by atoms with E-state index in [1.165, 1.54) is 0 Å². The Morgan fingerprint density at radius 2 is 1.94 bits per heavy atom. The number of nitrogens with zero attached hydrogens (tertiary/aromatic N) is 2. The number of aromatic nitrogens is 2. The van der Waals surface area contributed by atoms with Crippen LogP contribution in [0, 0.1) is 6.92 Å². The number of benzene rings is 1. The van der Waals surface area contributed by atoms with E-state index in [4.69, 9.17) is 10.5 Å². The lowest BCUT2D eigenvalue weighted by molar-refractivity contribution is 0.438. The quantitative estimate of drug-likeness (QED) is 0.859. The van der Waals surface area contributed by atoms with Crippen molar-refractivity contribution in [2.45, 2.75) is 6.92 Å². The monoisotopic (exact) mass is 279 g/mol. The van der Waals surface area contributed by atoms with Crippen LogP contribution in [0.15, 0.2) is 35.1 Å². The van der Waals surface area contributed by atoms with Gasteiger partial charge in [-0.05, 0) is 35.0 Å². The first kappa shape index (κ1) is 10.9. The van der Waals surface area contributed by atoms with Crippen LogP contribution in [0.25, 0.3) is 0 Å². The summed E-state index contributed by atoms with van der Waals surface area (Å²) in [6.45, 7) is 1.89. The lowest BCUT2D eigenvalue weighted by atomic mass is 10.2. The number of hydrogen-bond acceptors (Lipinski definition) is 4. The molecular formula is C11H10BrN3O. The second-order valence-corrected chi connectivity index (χ2v) is 4.17. The minimum atomic E-state index is 0.303. The normalized spacial score (nSPS) is 10.1. The van der Waals surface area contributed by atoms with Gasteiger partial charge in [-0.1, -0.05) is 6.07 Å². The smallest absolute Gasteiger partial charge is 0.321 e. The van der Waals surface area contributed by atoms with Crippen molar-refractivity contribution in [3.05, 3.63) is 40.6 Å². The fraction of sp³-hybridized carbons (Fsp3) is 0.0909. The summed E-state index contributed by atoms with van der Waals surface area (Å²) in [7, 11) is 0. The van der Waals surface area contributed by atoms with Gasteiger partial charge in [0.1, 0.15) is 5.75 Å². The van der Waals surface area contributed by atoms with Crippen molar-refractivity contribution >= 4 is 21.6 Å². The van der Waals surface area contributed by atoms with E-state index in [9.17, 15) is 0 Å². The molecule has 1 heterocycles. The second kappa shape index (κ2) is 4.49. The zero-order valence-electron chi connectivity index (χ0n) is 8.64. The Kier molecular flexibility index (Phi) is 3.05. The highest BCUT2D eigenvalue weighted by atomic mass is 79.9. The molecule has 0 aliphatic rings. The second-order valence-electron chi connectivity index (χ2n) is 3.26. The minimum Gasteiger partial charge on any atom is -0.424 e. The van der Waals surface area contributed by atoms with Gasteiger partial charge in [0.15, 0.2) is 0 Å². The fourth-order valence-electron chi connectivity index (χ4n) is 1.19. The van der Waals surface area contributed by atoms with E-state index in [0.717, 1.165) is 10.0 Å². The maximum atomic E-state index is 5.77. The lowest BCUT2D eigenvalue weighted by Crippen LogP contribution is -1.95. The van der Waals surface area contributed by atoms with E-state index in [1.54, 1.807) is 12.4 Å². The molecule has 2 rings (SSSR count). The van der Waals surface area contributed by atoms with Crippen molar-refractivity contribution in [3.8, 4) is 11.8 Å². The van der Waals surface area contributed by atoms with Gasteiger partial charge in [-0.2, -0.15) is 0 Å². The summed E-state index contributed by atoms with van der Waals surface area (Å²) in [5.74, 6) is 0.669. The molecular weight excluding hydrogens is 270 g/mol. The largest absolute Gasteiger partial charge is 0.424 e. The summed E-state index contributed by atoms with van der Waals surface area (Å²) >= 11 is 3.26. The highest BCUT2D eigenvalue weighted by Crippen LogP contribution is 2.26. The molecule has 1 aromatic carbocycles. The molecule has 0 saturated carbocycles. The van der Waals surface area contributed by atoms with E-state index < -0.39 is 0 Å². The molecule has 0 unspecified atom stereocenters. The van der Waals surface area contributed by atoms with Gasteiger partial charge in [0.05, 0.1) is 4.47 Å². The van der Waals surface area contributed by atoms with Crippen LogP contribution in [0.5, 0.6) is 11.8 Å². The summed E-state index contributed by atoms with van der Waals surface area (Å²) in [4.78, 5) is 8.05. The minimum absolute atomic E-state index is 0.303. The predicted octanol–water partition coefficient (Wildman–Crippen LogP) is 2.92. The summed E-state index contributed by atoms with van der Waals surface area (Å²) < 4.78 is 6.33. The predicted molar refractivity (Wildman–Crippen MR) is 65.4 cm³/mol. The molecule has 0 amide bonds. The van der Waals surface area contributed by atoms with Crippen LogP contribution in [0.1, 0.15) is 5.56 Å². The van der Waals surface area contributed by atoms with Crippen LogP contribution in [0.3, 0.4) is 0 Å². The molecule has 5 heteroatoms. The van der Waals surface area contributed by atoms with Gasteiger partial charge in [-0.25, -0.2) is 9.97 Å². The third-order valence-corrected chi connectivity index (χ3v) is 2.53. The molecule has 0 fully saturated rings. The summed E-state index contributed by atoms with van der Waals surface area (Å²) in [6.07, 6.45) is 3.26. The number of hydrogen-bond donors (Lipinski definition) is 1. The van der Waals surface area contributed by atoms with E-state index in [1.807, 2.05) is 25.1 Å². The lowest BCUT2D eigenvalue weighted by Gasteiger charge is -2.08. The number of halogens is 1. The number of anilines is 1. The molecule has 0 spiro atoms. The molecule has 0 atom stereocenters. The number of rotatable bonds is 2. The molecule has 0 saturated heterocycles. The zero-order chi connectivity index (χ0) is 11.5. The van der Waals surface area contributed by atoms with Crippen molar-refractivity contribution in [2.75, 3.05) is 5.73 Å². The highest BCUT2D eigenvalue weighted by molar-refractivity contribution is 9.10. The number of nitrogen functional groups attached to an aromatic ring is 1.